The van der Waals surface area contributed by atoms with Gasteiger partial charge in [0, 0.05) is 25.2 Å². The standard InChI is InChI=1S/C27H27N3O4/c1-18-6-5-7-21(14-18)30-17-20(15-25(30)31)26(32)29-24-9-4-3-8-23(24)27(33)28-16-19-10-12-22(34-2)13-11-19/h3-14,20H,15-17H2,1-2H3,(H,28,33)(H,29,32)/t20-/m1/s1. The van der Waals surface area contributed by atoms with Gasteiger partial charge in [-0.25, -0.2) is 0 Å². The number of carbonyl (C=O) groups is 3. The number of para-hydroxylation sites is 1. The molecule has 3 amide bonds. The van der Waals surface area contributed by atoms with Crippen LogP contribution in [-0.4, -0.2) is 31.4 Å². The Bertz CT molecular complexity index is 1210. The van der Waals surface area contributed by atoms with E-state index in [9.17, 15) is 14.4 Å². The quantitative estimate of drug-likeness (QED) is 0.563. The third-order valence-corrected chi connectivity index (χ3v) is 5.85. The molecule has 1 aliphatic heterocycles. The normalized spacial score (nSPS) is 15.2. The molecule has 1 saturated heterocycles. The predicted octanol–water partition coefficient (Wildman–Crippen LogP) is 3.93. The second kappa shape index (κ2) is 10.2. The predicted molar refractivity (Wildman–Crippen MR) is 131 cm³/mol. The molecule has 0 bridgehead atoms. The van der Waals surface area contributed by atoms with Crippen molar-refractivity contribution in [1.82, 2.24) is 5.32 Å². The monoisotopic (exact) mass is 457 g/mol. The molecular weight excluding hydrogens is 430 g/mol. The van der Waals surface area contributed by atoms with Crippen LogP contribution in [0.3, 0.4) is 0 Å². The average Bonchev–Trinajstić information content (AvgIpc) is 3.25. The maximum atomic E-state index is 13.0. The molecule has 1 fully saturated rings. The summed E-state index contributed by atoms with van der Waals surface area (Å²) >= 11 is 0. The molecule has 1 atom stereocenters. The Labute approximate surface area is 198 Å². The Balaban J connectivity index is 1.40. The van der Waals surface area contributed by atoms with Crippen molar-refractivity contribution in [3.63, 3.8) is 0 Å². The highest BCUT2D eigenvalue weighted by Crippen LogP contribution is 2.27. The summed E-state index contributed by atoms with van der Waals surface area (Å²) in [6.45, 7) is 2.61. The third kappa shape index (κ3) is 5.26. The summed E-state index contributed by atoms with van der Waals surface area (Å²) in [5.74, 6) is -0.413. The topological polar surface area (TPSA) is 87.7 Å². The Morgan fingerprint density at radius 1 is 1.03 bits per heavy atom. The average molecular weight is 458 g/mol. The summed E-state index contributed by atoms with van der Waals surface area (Å²) in [5.41, 5.74) is 3.55. The number of nitrogens with one attached hydrogen (secondary N) is 2. The number of amides is 3. The van der Waals surface area contributed by atoms with E-state index in [1.54, 1.807) is 36.3 Å². The van der Waals surface area contributed by atoms with Crippen molar-refractivity contribution in [3.8, 4) is 5.75 Å². The highest BCUT2D eigenvalue weighted by Gasteiger charge is 2.35. The fraction of sp³-hybridized carbons (Fsp3) is 0.222. The lowest BCUT2D eigenvalue weighted by Crippen LogP contribution is -2.29. The Hall–Kier alpha value is -4.13. The zero-order chi connectivity index (χ0) is 24.1. The van der Waals surface area contributed by atoms with Gasteiger partial charge in [-0.3, -0.25) is 14.4 Å². The van der Waals surface area contributed by atoms with Gasteiger partial charge in [0.1, 0.15) is 5.75 Å². The van der Waals surface area contributed by atoms with Crippen molar-refractivity contribution in [2.24, 2.45) is 5.92 Å². The molecule has 0 unspecified atom stereocenters. The number of ether oxygens (including phenoxy) is 1. The van der Waals surface area contributed by atoms with Crippen molar-refractivity contribution in [3.05, 3.63) is 89.5 Å². The third-order valence-electron chi connectivity index (χ3n) is 5.85. The van der Waals surface area contributed by atoms with E-state index in [-0.39, 0.29) is 24.1 Å². The van der Waals surface area contributed by atoms with E-state index in [0.717, 1.165) is 22.6 Å². The van der Waals surface area contributed by atoms with Gasteiger partial charge in [-0.2, -0.15) is 0 Å². The Morgan fingerprint density at radius 2 is 1.79 bits per heavy atom. The van der Waals surface area contributed by atoms with E-state index in [4.69, 9.17) is 4.74 Å². The zero-order valence-corrected chi connectivity index (χ0v) is 19.2. The fourth-order valence-electron chi connectivity index (χ4n) is 3.97. The lowest BCUT2D eigenvalue weighted by molar-refractivity contribution is -0.122. The van der Waals surface area contributed by atoms with Gasteiger partial charge in [0.2, 0.25) is 11.8 Å². The van der Waals surface area contributed by atoms with Crippen molar-refractivity contribution >= 4 is 29.1 Å². The zero-order valence-electron chi connectivity index (χ0n) is 19.2. The molecule has 3 aromatic rings. The molecule has 0 radical (unpaired) electrons. The molecule has 4 rings (SSSR count). The van der Waals surface area contributed by atoms with Crippen LogP contribution in [-0.2, 0) is 16.1 Å². The van der Waals surface area contributed by atoms with Crippen LogP contribution in [0.2, 0.25) is 0 Å². The van der Waals surface area contributed by atoms with Crippen LogP contribution < -0.4 is 20.3 Å². The van der Waals surface area contributed by atoms with E-state index in [2.05, 4.69) is 10.6 Å². The van der Waals surface area contributed by atoms with Crippen molar-refractivity contribution in [2.75, 3.05) is 23.9 Å². The van der Waals surface area contributed by atoms with Crippen LogP contribution in [0.4, 0.5) is 11.4 Å². The number of hydrogen-bond acceptors (Lipinski definition) is 4. The molecule has 174 valence electrons. The van der Waals surface area contributed by atoms with E-state index in [1.807, 2.05) is 55.5 Å². The minimum Gasteiger partial charge on any atom is -0.497 e. The number of aryl methyl sites for hydroxylation is 1. The second-order valence-corrected chi connectivity index (χ2v) is 8.31. The van der Waals surface area contributed by atoms with E-state index in [1.165, 1.54) is 0 Å². The molecule has 0 spiro atoms. The van der Waals surface area contributed by atoms with Gasteiger partial charge >= 0.3 is 0 Å². The second-order valence-electron chi connectivity index (χ2n) is 8.31. The van der Waals surface area contributed by atoms with Gasteiger partial charge in [0.25, 0.3) is 5.91 Å². The largest absolute Gasteiger partial charge is 0.497 e. The first-order chi connectivity index (χ1) is 16.4. The lowest BCUT2D eigenvalue weighted by atomic mass is 10.1. The van der Waals surface area contributed by atoms with Crippen LogP contribution >= 0.6 is 0 Å². The van der Waals surface area contributed by atoms with E-state index in [0.29, 0.717) is 24.3 Å². The first-order valence-corrected chi connectivity index (χ1v) is 11.1. The van der Waals surface area contributed by atoms with Crippen LogP contribution in [0.15, 0.2) is 72.8 Å². The summed E-state index contributed by atoms with van der Waals surface area (Å²) in [5, 5.41) is 5.74. The number of nitrogens with zero attached hydrogens (tertiary/aromatic N) is 1. The van der Waals surface area contributed by atoms with Gasteiger partial charge in [0.05, 0.1) is 24.3 Å². The van der Waals surface area contributed by atoms with E-state index >= 15 is 0 Å². The number of rotatable bonds is 7. The van der Waals surface area contributed by atoms with Crippen LogP contribution in [0.5, 0.6) is 5.75 Å². The minimum absolute atomic E-state index is 0.0868. The van der Waals surface area contributed by atoms with Crippen molar-refractivity contribution < 1.29 is 19.1 Å². The number of benzene rings is 3. The number of methoxy groups -OCH3 is 1. The van der Waals surface area contributed by atoms with Gasteiger partial charge < -0.3 is 20.3 Å². The number of carbonyl (C=O) groups excluding carboxylic acids is 3. The molecule has 7 nitrogen and oxygen atoms in total. The molecule has 0 aromatic heterocycles. The summed E-state index contributed by atoms with van der Waals surface area (Å²) in [4.78, 5) is 40.0. The van der Waals surface area contributed by atoms with Crippen molar-refractivity contribution in [1.29, 1.82) is 0 Å². The molecule has 1 heterocycles. The molecule has 0 saturated carbocycles. The lowest BCUT2D eigenvalue weighted by Gasteiger charge is -2.17. The van der Waals surface area contributed by atoms with Crippen molar-refractivity contribution in [2.45, 2.75) is 19.9 Å². The molecule has 0 aliphatic carbocycles. The van der Waals surface area contributed by atoms with Crippen LogP contribution in [0, 0.1) is 12.8 Å². The van der Waals surface area contributed by atoms with Gasteiger partial charge in [-0.1, -0.05) is 36.4 Å². The van der Waals surface area contributed by atoms with Gasteiger partial charge in [0.15, 0.2) is 0 Å². The van der Waals surface area contributed by atoms with Crippen LogP contribution in [0.25, 0.3) is 0 Å². The van der Waals surface area contributed by atoms with Crippen LogP contribution in [0.1, 0.15) is 27.9 Å². The molecule has 3 aromatic carbocycles. The highest BCUT2D eigenvalue weighted by atomic mass is 16.5. The van der Waals surface area contributed by atoms with E-state index < -0.39 is 5.92 Å². The van der Waals surface area contributed by atoms with Gasteiger partial charge in [-0.05, 0) is 54.4 Å². The molecule has 1 aliphatic rings. The summed E-state index contributed by atoms with van der Waals surface area (Å²) in [6, 6.07) is 21.9. The summed E-state index contributed by atoms with van der Waals surface area (Å²) in [7, 11) is 1.60. The highest BCUT2D eigenvalue weighted by molar-refractivity contribution is 6.07. The molecule has 2 N–H and O–H groups in total. The summed E-state index contributed by atoms with van der Waals surface area (Å²) in [6.07, 6.45) is 0.131. The SMILES string of the molecule is COc1ccc(CNC(=O)c2ccccc2NC(=O)[C@@H]2CC(=O)N(c3cccc(C)c3)C2)cc1. The maximum absolute atomic E-state index is 13.0. The molecule has 34 heavy (non-hydrogen) atoms. The molecule has 7 heteroatoms. The maximum Gasteiger partial charge on any atom is 0.253 e. The fourth-order valence-corrected chi connectivity index (χ4v) is 3.97. The Kier molecular flexibility index (Phi) is 6.92. The first kappa shape index (κ1) is 23.0. The first-order valence-electron chi connectivity index (χ1n) is 11.1. The minimum atomic E-state index is -0.497. The Morgan fingerprint density at radius 3 is 2.53 bits per heavy atom. The molecular formula is C27H27N3O4. The smallest absolute Gasteiger partial charge is 0.253 e. The number of hydrogen-bond donors (Lipinski definition) is 2. The number of anilines is 2. The summed E-state index contributed by atoms with van der Waals surface area (Å²) < 4.78 is 5.15. The van der Waals surface area contributed by atoms with Gasteiger partial charge in [-0.15, -0.1) is 0 Å².